The van der Waals surface area contributed by atoms with Gasteiger partial charge in [0.25, 0.3) is 0 Å². The van der Waals surface area contributed by atoms with Crippen molar-refractivity contribution in [2.24, 2.45) is 5.10 Å². The fourth-order valence-electron chi connectivity index (χ4n) is 3.61. The monoisotopic (exact) mass is 338 g/mol. The van der Waals surface area contributed by atoms with Gasteiger partial charge in [0.05, 0.1) is 26.0 Å². The molecule has 4 rings (SSSR count). The minimum absolute atomic E-state index is 0.168. The molecule has 130 valence electrons. The Morgan fingerprint density at radius 2 is 1.92 bits per heavy atom. The number of ether oxygens (including phenoxy) is 3. The van der Waals surface area contributed by atoms with E-state index in [2.05, 4.69) is 11.1 Å². The predicted octanol–water partition coefficient (Wildman–Crippen LogP) is 3.98. The smallest absolute Gasteiger partial charge is 0.192 e. The van der Waals surface area contributed by atoms with Crippen LogP contribution in [0.1, 0.15) is 37.4 Å². The second-order valence-corrected chi connectivity index (χ2v) is 6.76. The number of para-hydroxylation sites is 1. The van der Waals surface area contributed by atoms with Gasteiger partial charge in [-0.15, -0.1) is 0 Å². The van der Waals surface area contributed by atoms with E-state index in [-0.39, 0.29) is 6.04 Å². The zero-order valence-electron chi connectivity index (χ0n) is 14.9. The van der Waals surface area contributed by atoms with Gasteiger partial charge in [-0.3, -0.25) is 0 Å². The summed E-state index contributed by atoms with van der Waals surface area (Å²) in [5.74, 6) is 2.47. The Morgan fingerprint density at radius 3 is 2.68 bits per heavy atom. The van der Waals surface area contributed by atoms with E-state index in [9.17, 15) is 0 Å². The molecule has 25 heavy (non-hydrogen) atoms. The number of hydrogen-bond donors (Lipinski definition) is 0. The lowest BCUT2D eigenvalue weighted by molar-refractivity contribution is -0.0911. The molecule has 0 fully saturated rings. The highest BCUT2D eigenvalue weighted by molar-refractivity contribution is 6.04. The molecular weight excluding hydrogens is 316 g/mol. The summed E-state index contributed by atoms with van der Waals surface area (Å²) < 4.78 is 17.0. The zero-order valence-corrected chi connectivity index (χ0v) is 14.9. The van der Waals surface area contributed by atoms with E-state index >= 15 is 0 Å². The number of hydrazone groups is 1. The van der Waals surface area contributed by atoms with Crippen LogP contribution in [0.5, 0.6) is 17.2 Å². The second kappa shape index (κ2) is 5.69. The lowest BCUT2D eigenvalue weighted by atomic mass is 9.95. The Morgan fingerprint density at radius 1 is 1.12 bits per heavy atom. The molecule has 0 radical (unpaired) electrons. The summed E-state index contributed by atoms with van der Waals surface area (Å²) in [7, 11) is 3.32. The molecule has 1 atom stereocenters. The third-order valence-electron chi connectivity index (χ3n) is 4.82. The van der Waals surface area contributed by atoms with Gasteiger partial charge in [-0.2, -0.15) is 5.10 Å². The number of benzene rings is 2. The molecule has 0 aromatic heterocycles. The van der Waals surface area contributed by atoms with Crippen LogP contribution in [0, 0.1) is 0 Å². The number of hydrogen-bond acceptors (Lipinski definition) is 5. The lowest BCUT2D eigenvalue weighted by Gasteiger charge is -2.43. The van der Waals surface area contributed by atoms with Gasteiger partial charge in [-0.1, -0.05) is 18.2 Å². The summed E-state index contributed by atoms with van der Waals surface area (Å²) in [5, 5.41) is 6.96. The summed E-state index contributed by atoms with van der Waals surface area (Å²) in [5.41, 5.74) is 2.66. The van der Waals surface area contributed by atoms with Gasteiger partial charge in [0.15, 0.2) is 5.72 Å². The molecule has 0 aliphatic carbocycles. The normalized spacial score (nSPS) is 20.2. The minimum Gasteiger partial charge on any atom is -0.497 e. The first kappa shape index (κ1) is 15.8. The summed E-state index contributed by atoms with van der Waals surface area (Å²) >= 11 is 0. The number of methoxy groups -OCH3 is 2. The van der Waals surface area contributed by atoms with E-state index in [0.717, 1.165) is 34.9 Å². The van der Waals surface area contributed by atoms with Crippen LogP contribution in [0.3, 0.4) is 0 Å². The van der Waals surface area contributed by atoms with Gasteiger partial charge in [0, 0.05) is 23.6 Å². The molecule has 0 saturated heterocycles. The maximum atomic E-state index is 6.18. The summed E-state index contributed by atoms with van der Waals surface area (Å²) in [6.45, 7) is 4.10. The van der Waals surface area contributed by atoms with Crippen molar-refractivity contribution in [1.29, 1.82) is 0 Å². The molecule has 2 aliphatic rings. The Kier molecular flexibility index (Phi) is 3.60. The molecule has 0 N–H and O–H groups in total. The van der Waals surface area contributed by atoms with Gasteiger partial charge in [0.2, 0.25) is 0 Å². The summed E-state index contributed by atoms with van der Waals surface area (Å²) in [6.07, 6.45) is 0.812. The van der Waals surface area contributed by atoms with Crippen molar-refractivity contribution in [3.8, 4) is 17.2 Å². The molecule has 2 aliphatic heterocycles. The van der Waals surface area contributed by atoms with Crippen molar-refractivity contribution in [2.45, 2.75) is 32.0 Å². The highest BCUT2D eigenvalue weighted by Crippen LogP contribution is 2.47. The fraction of sp³-hybridized carbons (Fsp3) is 0.350. The molecule has 2 aromatic carbocycles. The Labute approximate surface area is 147 Å². The van der Waals surface area contributed by atoms with Crippen LogP contribution < -0.4 is 14.2 Å². The van der Waals surface area contributed by atoms with Crippen LogP contribution in [-0.4, -0.2) is 30.7 Å². The summed E-state index contributed by atoms with van der Waals surface area (Å²) in [4.78, 5) is 0. The van der Waals surface area contributed by atoms with E-state index in [4.69, 9.17) is 19.3 Å². The van der Waals surface area contributed by atoms with E-state index in [1.165, 1.54) is 5.56 Å². The lowest BCUT2D eigenvalue weighted by Crippen LogP contribution is -2.48. The van der Waals surface area contributed by atoms with Gasteiger partial charge in [-0.05, 0) is 32.0 Å². The fourth-order valence-corrected chi connectivity index (χ4v) is 3.61. The van der Waals surface area contributed by atoms with E-state index in [1.807, 2.05) is 50.2 Å². The Balaban J connectivity index is 1.76. The highest BCUT2D eigenvalue weighted by atomic mass is 16.5. The third kappa shape index (κ3) is 2.51. The third-order valence-corrected chi connectivity index (χ3v) is 4.82. The maximum Gasteiger partial charge on any atom is 0.192 e. The molecule has 0 bridgehead atoms. The molecule has 2 aromatic rings. The quantitative estimate of drug-likeness (QED) is 0.849. The van der Waals surface area contributed by atoms with E-state index in [1.54, 1.807) is 14.2 Å². The average Bonchev–Trinajstić information content (AvgIpc) is 3.07. The predicted molar refractivity (Wildman–Crippen MR) is 96.4 cm³/mol. The van der Waals surface area contributed by atoms with Gasteiger partial charge in [-0.25, -0.2) is 5.01 Å². The van der Waals surface area contributed by atoms with Crippen LogP contribution in [0.4, 0.5) is 0 Å². The number of nitrogens with zero attached hydrogens (tertiary/aromatic N) is 2. The van der Waals surface area contributed by atoms with Crippen molar-refractivity contribution in [2.75, 3.05) is 14.2 Å². The maximum absolute atomic E-state index is 6.18. The van der Waals surface area contributed by atoms with Gasteiger partial charge >= 0.3 is 0 Å². The summed E-state index contributed by atoms with van der Waals surface area (Å²) in [6, 6.07) is 14.2. The Bertz CT molecular complexity index is 845. The topological polar surface area (TPSA) is 43.3 Å². The van der Waals surface area contributed by atoms with E-state index in [0.29, 0.717) is 0 Å². The molecule has 2 heterocycles. The van der Waals surface area contributed by atoms with Gasteiger partial charge < -0.3 is 14.2 Å². The molecular formula is C20H22N2O3. The minimum atomic E-state index is -0.500. The van der Waals surface area contributed by atoms with Crippen molar-refractivity contribution in [1.82, 2.24) is 5.01 Å². The average molecular weight is 338 g/mol. The number of fused-ring (bicyclic) bond motifs is 3. The van der Waals surface area contributed by atoms with Crippen molar-refractivity contribution >= 4 is 5.71 Å². The first-order chi connectivity index (χ1) is 12.0. The first-order valence-corrected chi connectivity index (χ1v) is 8.40. The number of rotatable bonds is 3. The molecule has 0 spiro atoms. The SMILES string of the molecule is COc1ccc(C2=NN3[C@@H](C2)c2ccccc2OC3(C)C)c(OC)c1. The van der Waals surface area contributed by atoms with Crippen LogP contribution in [0.25, 0.3) is 0 Å². The van der Waals surface area contributed by atoms with Crippen LogP contribution in [-0.2, 0) is 0 Å². The standard InChI is InChI=1S/C20H22N2O3/c1-20(2)22-17(15-7-5-6-8-18(15)25-20)12-16(21-22)14-10-9-13(23-3)11-19(14)24-4/h5-11,17H,12H2,1-4H3/t17-/m0/s1. The molecule has 0 amide bonds. The van der Waals surface area contributed by atoms with E-state index < -0.39 is 5.72 Å². The second-order valence-electron chi connectivity index (χ2n) is 6.76. The first-order valence-electron chi connectivity index (χ1n) is 8.40. The van der Waals surface area contributed by atoms with Crippen LogP contribution >= 0.6 is 0 Å². The highest BCUT2D eigenvalue weighted by Gasteiger charge is 2.44. The van der Waals surface area contributed by atoms with Gasteiger partial charge in [0.1, 0.15) is 17.2 Å². The van der Waals surface area contributed by atoms with Crippen LogP contribution in [0.15, 0.2) is 47.6 Å². The molecule has 5 nitrogen and oxygen atoms in total. The molecule has 5 heteroatoms. The zero-order chi connectivity index (χ0) is 17.6. The van der Waals surface area contributed by atoms with Crippen molar-refractivity contribution < 1.29 is 14.2 Å². The van der Waals surface area contributed by atoms with Crippen molar-refractivity contribution in [3.63, 3.8) is 0 Å². The molecule has 0 unspecified atom stereocenters. The van der Waals surface area contributed by atoms with Crippen LogP contribution in [0.2, 0.25) is 0 Å². The molecule has 0 saturated carbocycles. The largest absolute Gasteiger partial charge is 0.497 e. The van der Waals surface area contributed by atoms with Crippen molar-refractivity contribution in [3.05, 3.63) is 53.6 Å². The Hall–Kier alpha value is -2.69.